The highest BCUT2D eigenvalue weighted by molar-refractivity contribution is 5.85. The summed E-state index contributed by atoms with van der Waals surface area (Å²) in [6.07, 6.45) is 2.13. The van der Waals surface area contributed by atoms with E-state index in [1.165, 1.54) is 11.2 Å². The molecule has 3 heterocycles. The summed E-state index contributed by atoms with van der Waals surface area (Å²) < 4.78 is 2.25. The van der Waals surface area contributed by atoms with Crippen molar-refractivity contribution >= 4 is 28.1 Å². The zero-order valence-electron chi connectivity index (χ0n) is 14.0. The average molecular weight is 328 g/mol. The molecule has 0 unspecified atom stereocenters. The quantitative estimate of drug-likeness (QED) is 0.559. The highest BCUT2D eigenvalue weighted by Gasteiger charge is 2.21. The van der Waals surface area contributed by atoms with Gasteiger partial charge in [-0.2, -0.15) is 0 Å². The number of benzene rings is 2. The third kappa shape index (κ3) is 2.41. The zero-order chi connectivity index (χ0) is 16.6. The van der Waals surface area contributed by atoms with Gasteiger partial charge in [-0.05, 0) is 36.4 Å². The van der Waals surface area contributed by atoms with Crippen molar-refractivity contribution in [1.29, 1.82) is 0 Å². The molecule has 0 bridgehead atoms. The van der Waals surface area contributed by atoms with Crippen molar-refractivity contribution in [1.82, 2.24) is 9.38 Å². The fourth-order valence-corrected chi connectivity index (χ4v) is 3.75. The second-order valence-corrected chi connectivity index (χ2v) is 6.50. The number of aromatic nitrogens is 2. The molecule has 1 saturated heterocycles. The lowest BCUT2D eigenvalue weighted by molar-refractivity contribution is 0.649. The van der Waals surface area contributed by atoms with Gasteiger partial charge in [-0.25, -0.2) is 4.98 Å². The van der Waals surface area contributed by atoms with Crippen LogP contribution < -0.4 is 9.80 Å². The fourth-order valence-electron chi connectivity index (χ4n) is 3.75. The molecule has 4 nitrogen and oxygen atoms in total. The van der Waals surface area contributed by atoms with Gasteiger partial charge in [0.15, 0.2) is 5.82 Å². The highest BCUT2D eigenvalue weighted by Crippen LogP contribution is 2.27. The van der Waals surface area contributed by atoms with Crippen molar-refractivity contribution in [3.63, 3.8) is 0 Å². The summed E-state index contributed by atoms with van der Waals surface area (Å²) in [4.78, 5) is 9.85. The molecule has 0 N–H and O–H groups in total. The molecule has 25 heavy (non-hydrogen) atoms. The molecule has 4 aromatic rings. The van der Waals surface area contributed by atoms with Crippen LogP contribution in [0.25, 0.3) is 16.6 Å². The molecule has 2 aromatic carbocycles. The minimum Gasteiger partial charge on any atom is -0.368 e. The number of piperazine rings is 1. The molecular weight excluding hydrogens is 308 g/mol. The molecule has 2 aromatic heterocycles. The van der Waals surface area contributed by atoms with Crippen molar-refractivity contribution in [2.24, 2.45) is 0 Å². The number of fused-ring (bicyclic) bond motifs is 3. The van der Waals surface area contributed by atoms with Crippen LogP contribution in [0.1, 0.15) is 0 Å². The molecule has 0 saturated carbocycles. The summed E-state index contributed by atoms with van der Waals surface area (Å²) >= 11 is 0. The third-order valence-corrected chi connectivity index (χ3v) is 5.05. The fraction of sp³-hybridized carbons (Fsp3) is 0.190. The number of rotatable bonds is 2. The highest BCUT2D eigenvalue weighted by atomic mass is 15.3. The van der Waals surface area contributed by atoms with Gasteiger partial charge >= 0.3 is 0 Å². The Balaban J connectivity index is 1.49. The summed E-state index contributed by atoms with van der Waals surface area (Å²) in [6, 6.07) is 23.3. The van der Waals surface area contributed by atoms with E-state index >= 15 is 0 Å². The number of hydrogen-bond donors (Lipinski definition) is 0. The van der Waals surface area contributed by atoms with Crippen LogP contribution >= 0.6 is 0 Å². The molecule has 1 fully saturated rings. The second kappa shape index (κ2) is 5.81. The zero-order valence-corrected chi connectivity index (χ0v) is 14.0. The van der Waals surface area contributed by atoms with Crippen LogP contribution in [0.15, 0.2) is 72.9 Å². The molecule has 5 rings (SSSR count). The van der Waals surface area contributed by atoms with Crippen molar-refractivity contribution in [2.75, 3.05) is 36.0 Å². The van der Waals surface area contributed by atoms with E-state index in [0.717, 1.165) is 43.0 Å². The molecule has 1 aliphatic heterocycles. The van der Waals surface area contributed by atoms with Gasteiger partial charge in [-0.1, -0.05) is 30.3 Å². The van der Waals surface area contributed by atoms with Gasteiger partial charge in [-0.3, -0.25) is 0 Å². The number of hydrogen-bond acceptors (Lipinski definition) is 3. The molecule has 4 heteroatoms. The molecule has 0 radical (unpaired) electrons. The van der Waals surface area contributed by atoms with E-state index in [4.69, 9.17) is 4.98 Å². The van der Waals surface area contributed by atoms with Crippen molar-refractivity contribution in [3.8, 4) is 0 Å². The Bertz CT molecular complexity index is 1010. The Morgan fingerprint density at radius 2 is 1.32 bits per heavy atom. The molecular formula is C21H20N4. The minimum absolute atomic E-state index is 0.987. The second-order valence-electron chi connectivity index (χ2n) is 6.50. The van der Waals surface area contributed by atoms with E-state index in [1.807, 2.05) is 0 Å². The standard InChI is InChI=1S/C21H20N4/c1-2-7-17(8-3-1)23-13-15-24(16-14-23)21-20-11-6-12-25(20)19-10-5-4-9-18(19)22-21/h1-12H,13-16H2. The van der Waals surface area contributed by atoms with Gasteiger partial charge < -0.3 is 14.2 Å². The van der Waals surface area contributed by atoms with Crippen LogP contribution in [0, 0.1) is 0 Å². The minimum atomic E-state index is 0.987. The third-order valence-electron chi connectivity index (χ3n) is 5.05. The molecule has 0 atom stereocenters. The summed E-state index contributed by atoms with van der Waals surface area (Å²) in [7, 11) is 0. The van der Waals surface area contributed by atoms with E-state index in [-0.39, 0.29) is 0 Å². The maximum absolute atomic E-state index is 4.98. The van der Waals surface area contributed by atoms with Crippen molar-refractivity contribution < 1.29 is 0 Å². The van der Waals surface area contributed by atoms with Crippen LogP contribution in [0.3, 0.4) is 0 Å². The lowest BCUT2D eigenvalue weighted by Gasteiger charge is -2.37. The molecule has 0 spiro atoms. The van der Waals surface area contributed by atoms with Crippen LogP contribution in [0.4, 0.5) is 11.5 Å². The Morgan fingerprint density at radius 1 is 0.640 bits per heavy atom. The van der Waals surface area contributed by atoms with E-state index in [0.29, 0.717) is 0 Å². The summed E-state index contributed by atoms with van der Waals surface area (Å²) in [5.41, 5.74) is 4.70. The number of anilines is 2. The molecule has 0 aliphatic carbocycles. The molecule has 1 aliphatic rings. The SMILES string of the molecule is c1ccc(N2CCN(c3nc4ccccc4n4cccc34)CC2)cc1. The predicted octanol–water partition coefficient (Wildman–Crippen LogP) is 3.81. The Labute approximate surface area is 146 Å². The normalized spacial score (nSPS) is 15.2. The van der Waals surface area contributed by atoms with Gasteiger partial charge in [0, 0.05) is 38.1 Å². The first-order valence-corrected chi connectivity index (χ1v) is 8.81. The van der Waals surface area contributed by atoms with Gasteiger partial charge in [0.05, 0.1) is 16.6 Å². The molecule has 0 amide bonds. The smallest absolute Gasteiger partial charge is 0.153 e. The van der Waals surface area contributed by atoms with Crippen molar-refractivity contribution in [2.45, 2.75) is 0 Å². The number of nitrogens with zero attached hydrogens (tertiary/aromatic N) is 4. The Hall–Kier alpha value is -3.01. The summed E-state index contributed by atoms with van der Waals surface area (Å²) in [5.74, 6) is 1.09. The maximum atomic E-state index is 4.98. The van der Waals surface area contributed by atoms with Crippen LogP contribution in [-0.2, 0) is 0 Å². The van der Waals surface area contributed by atoms with Gasteiger partial charge in [0.2, 0.25) is 0 Å². The largest absolute Gasteiger partial charge is 0.368 e. The maximum Gasteiger partial charge on any atom is 0.153 e. The average Bonchev–Trinajstić information content (AvgIpc) is 3.18. The molecule has 124 valence electrons. The van der Waals surface area contributed by atoms with Crippen LogP contribution in [0.2, 0.25) is 0 Å². The lowest BCUT2D eigenvalue weighted by atomic mass is 10.2. The lowest BCUT2D eigenvalue weighted by Crippen LogP contribution is -2.47. The van der Waals surface area contributed by atoms with E-state index in [9.17, 15) is 0 Å². The summed E-state index contributed by atoms with van der Waals surface area (Å²) in [6.45, 7) is 4.01. The number of para-hydroxylation sites is 3. The Morgan fingerprint density at radius 3 is 2.16 bits per heavy atom. The van der Waals surface area contributed by atoms with E-state index in [2.05, 4.69) is 87.1 Å². The van der Waals surface area contributed by atoms with Crippen molar-refractivity contribution in [3.05, 3.63) is 72.9 Å². The first kappa shape index (κ1) is 14.3. The first-order valence-electron chi connectivity index (χ1n) is 8.81. The van der Waals surface area contributed by atoms with E-state index in [1.54, 1.807) is 0 Å². The van der Waals surface area contributed by atoms with Gasteiger partial charge in [-0.15, -0.1) is 0 Å². The monoisotopic (exact) mass is 328 g/mol. The first-order chi connectivity index (χ1) is 12.4. The topological polar surface area (TPSA) is 23.8 Å². The predicted molar refractivity (Wildman–Crippen MR) is 104 cm³/mol. The summed E-state index contributed by atoms with van der Waals surface area (Å²) in [5, 5.41) is 0. The van der Waals surface area contributed by atoms with E-state index < -0.39 is 0 Å². The van der Waals surface area contributed by atoms with Crippen LogP contribution in [0.5, 0.6) is 0 Å². The van der Waals surface area contributed by atoms with Gasteiger partial charge in [0.1, 0.15) is 0 Å². The van der Waals surface area contributed by atoms with Gasteiger partial charge in [0.25, 0.3) is 0 Å². The Kier molecular flexibility index (Phi) is 3.33. The van der Waals surface area contributed by atoms with Crippen LogP contribution in [-0.4, -0.2) is 35.6 Å².